The van der Waals surface area contributed by atoms with Gasteiger partial charge in [-0.1, -0.05) is 0 Å². The standard InChI is InChI=1S/C13H16FNO4S/c1-9(16)12-7-11(14)6-10(13(12)17)8-15-2-4-20(18,19)5-3-15/h6-7,17H,2-5,8H2,1H3. The van der Waals surface area contributed by atoms with E-state index < -0.39 is 21.4 Å². The molecule has 1 aliphatic rings. The minimum Gasteiger partial charge on any atom is -0.507 e. The highest BCUT2D eigenvalue weighted by atomic mass is 32.2. The Bertz CT molecular complexity index is 628. The van der Waals surface area contributed by atoms with Crippen LogP contribution < -0.4 is 0 Å². The van der Waals surface area contributed by atoms with Crippen LogP contribution in [0, 0.1) is 5.82 Å². The summed E-state index contributed by atoms with van der Waals surface area (Å²) < 4.78 is 36.1. The maximum Gasteiger partial charge on any atom is 0.163 e. The van der Waals surface area contributed by atoms with Gasteiger partial charge in [-0.05, 0) is 19.1 Å². The highest BCUT2D eigenvalue weighted by Gasteiger charge is 2.23. The van der Waals surface area contributed by atoms with Crippen LogP contribution in [0.3, 0.4) is 0 Å². The number of benzene rings is 1. The molecule has 0 atom stereocenters. The largest absolute Gasteiger partial charge is 0.507 e. The summed E-state index contributed by atoms with van der Waals surface area (Å²) in [4.78, 5) is 13.1. The van der Waals surface area contributed by atoms with Crippen LogP contribution >= 0.6 is 0 Å². The van der Waals surface area contributed by atoms with E-state index in [4.69, 9.17) is 0 Å². The van der Waals surface area contributed by atoms with Gasteiger partial charge in [0.05, 0.1) is 17.1 Å². The molecule has 0 aliphatic carbocycles. The lowest BCUT2D eigenvalue weighted by molar-refractivity contribution is 0.101. The van der Waals surface area contributed by atoms with Crippen LogP contribution in [0.2, 0.25) is 0 Å². The average Bonchev–Trinajstić information content (AvgIpc) is 2.35. The van der Waals surface area contributed by atoms with E-state index in [-0.39, 0.29) is 29.4 Å². The second kappa shape index (κ2) is 5.49. The molecule has 1 N–H and O–H groups in total. The third kappa shape index (κ3) is 3.34. The van der Waals surface area contributed by atoms with Gasteiger partial charge in [-0.15, -0.1) is 0 Å². The number of carbonyl (C=O) groups excluding carboxylic acids is 1. The minimum absolute atomic E-state index is 0.0513. The quantitative estimate of drug-likeness (QED) is 0.842. The molecule has 110 valence electrons. The smallest absolute Gasteiger partial charge is 0.163 e. The van der Waals surface area contributed by atoms with E-state index in [0.717, 1.165) is 6.07 Å². The first-order valence-corrected chi connectivity index (χ1v) is 8.06. The normalized spacial score (nSPS) is 18.9. The molecule has 0 unspecified atom stereocenters. The molecular weight excluding hydrogens is 285 g/mol. The molecular formula is C13H16FNO4S. The Hall–Kier alpha value is -1.47. The molecule has 0 saturated carbocycles. The van der Waals surface area contributed by atoms with E-state index in [1.165, 1.54) is 13.0 Å². The number of phenols is 1. The summed E-state index contributed by atoms with van der Waals surface area (Å²) in [6.45, 7) is 2.16. The zero-order chi connectivity index (χ0) is 14.9. The van der Waals surface area contributed by atoms with E-state index in [2.05, 4.69) is 0 Å². The van der Waals surface area contributed by atoms with Crippen molar-refractivity contribution in [3.05, 3.63) is 29.1 Å². The van der Waals surface area contributed by atoms with Crippen LogP contribution in [0.1, 0.15) is 22.8 Å². The molecule has 0 aromatic heterocycles. The molecule has 5 nitrogen and oxygen atoms in total. The molecule has 0 amide bonds. The van der Waals surface area contributed by atoms with Gasteiger partial charge in [-0.25, -0.2) is 12.8 Å². The summed E-state index contributed by atoms with van der Waals surface area (Å²) in [5.41, 5.74) is 0.249. The van der Waals surface area contributed by atoms with E-state index >= 15 is 0 Å². The summed E-state index contributed by atoms with van der Waals surface area (Å²) in [5, 5.41) is 9.98. The molecule has 1 saturated heterocycles. The first-order chi connectivity index (χ1) is 9.28. The van der Waals surface area contributed by atoms with Crippen LogP contribution in [0.4, 0.5) is 4.39 Å². The first kappa shape index (κ1) is 14.9. The van der Waals surface area contributed by atoms with Crippen molar-refractivity contribution in [3.8, 4) is 5.75 Å². The Labute approximate surface area is 116 Å². The molecule has 0 bridgehead atoms. The fourth-order valence-corrected chi connectivity index (χ4v) is 3.47. The molecule has 1 aliphatic heterocycles. The Morgan fingerprint density at radius 3 is 2.50 bits per heavy atom. The SMILES string of the molecule is CC(=O)c1cc(F)cc(CN2CCS(=O)(=O)CC2)c1O. The van der Waals surface area contributed by atoms with Crippen LogP contribution in [0.15, 0.2) is 12.1 Å². The van der Waals surface area contributed by atoms with Crippen LogP contribution in [0.25, 0.3) is 0 Å². The highest BCUT2D eigenvalue weighted by molar-refractivity contribution is 7.91. The van der Waals surface area contributed by atoms with Gasteiger partial charge in [0, 0.05) is 25.2 Å². The van der Waals surface area contributed by atoms with Gasteiger partial charge in [0.15, 0.2) is 15.6 Å². The monoisotopic (exact) mass is 301 g/mol. The minimum atomic E-state index is -2.98. The number of hydrogen-bond donors (Lipinski definition) is 1. The molecule has 1 fully saturated rings. The fraction of sp³-hybridized carbons (Fsp3) is 0.462. The lowest BCUT2D eigenvalue weighted by atomic mass is 10.0. The van der Waals surface area contributed by atoms with E-state index in [1.54, 1.807) is 0 Å². The van der Waals surface area contributed by atoms with Crippen LogP contribution in [0.5, 0.6) is 5.75 Å². The van der Waals surface area contributed by atoms with Gasteiger partial charge in [0.1, 0.15) is 11.6 Å². The average molecular weight is 301 g/mol. The van der Waals surface area contributed by atoms with Crippen molar-refractivity contribution in [3.63, 3.8) is 0 Å². The van der Waals surface area contributed by atoms with Gasteiger partial charge >= 0.3 is 0 Å². The molecule has 1 heterocycles. The number of nitrogens with zero attached hydrogens (tertiary/aromatic N) is 1. The van der Waals surface area contributed by atoms with E-state index in [0.29, 0.717) is 18.7 Å². The molecule has 0 radical (unpaired) electrons. The van der Waals surface area contributed by atoms with Crippen LogP contribution in [-0.2, 0) is 16.4 Å². The van der Waals surface area contributed by atoms with Crippen molar-refractivity contribution in [1.29, 1.82) is 0 Å². The van der Waals surface area contributed by atoms with E-state index in [1.807, 2.05) is 4.90 Å². The number of carbonyl (C=O) groups is 1. The third-order valence-corrected chi connectivity index (χ3v) is 4.97. The molecule has 1 aromatic rings. The second-order valence-electron chi connectivity index (χ2n) is 4.95. The summed E-state index contributed by atoms with van der Waals surface area (Å²) in [7, 11) is -2.98. The lowest BCUT2D eigenvalue weighted by Crippen LogP contribution is -2.39. The third-order valence-electron chi connectivity index (χ3n) is 3.36. The number of Topliss-reactive ketones (excluding diaryl/α,β-unsaturated/α-hetero) is 1. The van der Waals surface area contributed by atoms with Crippen molar-refractivity contribution in [1.82, 2.24) is 4.90 Å². The number of rotatable bonds is 3. The molecule has 2 rings (SSSR count). The topological polar surface area (TPSA) is 74.7 Å². The summed E-state index contributed by atoms with van der Waals surface area (Å²) in [6, 6.07) is 2.17. The Morgan fingerprint density at radius 1 is 1.35 bits per heavy atom. The summed E-state index contributed by atoms with van der Waals surface area (Å²) >= 11 is 0. The molecule has 1 aromatic carbocycles. The maximum atomic E-state index is 13.5. The van der Waals surface area contributed by atoms with Crippen molar-refractivity contribution in [2.75, 3.05) is 24.6 Å². The van der Waals surface area contributed by atoms with Gasteiger partial charge in [-0.3, -0.25) is 9.69 Å². The lowest BCUT2D eigenvalue weighted by Gasteiger charge is -2.26. The van der Waals surface area contributed by atoms with Crippen LogP contribution in [-0.4, -0.2) is 48.8 Å². The molecule has 20 heavy (non-hydrogen) atoms. The zero-order valence-corrected chi connectivity index (χ0v) is 11.9. The van der Waals surface area contributed by atoms with E-state index in [9.17, 15) is 22.7 Å². The number of aromatic hydroxyl groups is 1. The highest BCUT2D eigenvalue weighted by Crippen LogP contribution is 2.26. The van der Waals surface area contributed by atoms with Gasteiger partial charge < -0.3 is 5.11 Å². The molecule has 7 heteroatoms. The maximum absolute atomic E-state index is 13.5. The van der Waals surface area contributed by atoms with Gasteiger partial charge in [-0.2, -0.15) is 0 Å². The van der Waals surface area contributed by atoms with Crippen molar-refractivity contribution < 1.29 is 22.7 Å². The van der Waals surface area contributed by atoms with Crippen molar-refractivity contribution >= 4 is 15.6 Å². The summed E-state index contributed by atoms with van der Waals surface area (Å²) in [5.74, 6) is -1.12. The Morgan fingerprint density at radius 2 is 1.95 bits per heavy atom. The van der Waals surface area contributed by atoms with Crippen molar-refractivity contribution in [2.45, 2.75) is 13.5 Å². The second-order valence-corrected chi connectivity index (χ2v) is 7.25. The first-order valence-electron chi connectivity index (χ1n) is 6.23. The predicted molar refractivity (Wildman–Crippen MR) is 72.0 cm³/mol. The molecule has 0 spiro atoms. The number of hydrogen-bond acceptors (Lipinski definition) is 5. The zero-order valence-electron chi connectivity index (χ0n) is 11.1. The summed E-state index contributed by atoms with van der Waals surface area (Å²) in [6.07, 6.45) is 0. The number of ketones is 1. The van der Waals surface area contributed by atoms with Crippen molar-refractivity contribution in [2.24, 2.45) is 0 Å². The Balaban J connectivity index is 2.20. The predicted octanol–water partition coefficient (Wildman–Crippen LogP) is 0.964. The Kier molecular flexibility index (Phi) is 4.10. The van der Waals surface area contributed by atoms with Gasteiger partial charge in [0.25, 0.3) is 0 Å². The van der Waals surface area contributed by atoms with Gasteiger partial charge in [0.2, 0.25) is 0 Å². The number of halogens is 1. The number of phenolic OH excluding ortho intramolecular Hbond substituents is 1. The number of sulfone groups is 1. The fourth-order valence-electron chi connectivity index (χ4n) is 2.19.